The fraction of sp³-hybridized carbons (Fsp3) is 0.238. The van der Waals surface area contributed by atoms with Gasteiger partial charge in [0.15, 0.2) is 6.10 Å². The zero-order chi connectivity index (χ0) is 25.3. The van der Waals surface area contributed by atoms with Crippen molar-refractivity contribution in [2.45, 2.75) is 35.6 Å². The number of nitrogens with one attached hydrogen (secondary N) is 1. The quantitative estimate of drug-likeness (QED) is 0.226. The molecule has 5 atom stereocenters. The molecule has 1 aliphatic heterocycles. The van der Waals surface area contributed by atoms with Crippen molar-refractivity contribution < 1.29 is 43.1 Å². The predicted octanol–water partition coefficient (Wildman–Crippen LogP) is -0.474. The molecule has 1 aliphatic rings. The van der Waals surface area contributed by atoms with Crippen LogP contribution in [-0.4, -0.2) is 75.3 Å². The van der Waals surface area contributed by atoms with E-state index in [1.54, 1.807) is 30.3 Å². The van der Waals surface area contributed by atoms with Gasteiger partial charge in [-0.2, -0.15) is 5.10 Å². The van der Waals surface area contributed by atoms with Crippen LogP contribution < -0.4 is 15.2 Å². The number of rotatable bonds is 7. The highest BCUT2D eigenvalue weighted by Gasteiger charge is 2.48. The Morgan fingerprint density at radius 2 is 1.77 bits per heavy atom. The van der Waals surface area contributed by atoms with E-state index in [-0.39, 0.29) is 17.3 Å². The number of sulfonamides is 1. The molecule has 0 bridgehead atoms. The Balaban J connectivity index is 1.65. The summed E-state index contributed by atoms with van der Waals surface area (Å²) in [4.78, 5) is 10.9. The molecule has 1 fully saturated rings. The summed E-state index contributed by atoms with van der Waals surface area (Å²) in [7, 11) is -4.34. The van der Waals surface area contributed by atoms with Crippen LogP contribution in [0.5, 0.6) is 5.75 Å². The van der Waals surface area contributed by atoms with E-state index in [9.17, 15) is 33.6 Å². The number of anilines is 2. The van der Waals surface area contributed by atoms with Crippen molar-refractivity contribution in [2.75, 3.05) is 10.5 Å². The predicted molar refractivity (Wildman–Crippen MR) is 120 cm³/mol. The third-order valence-electron chi connectivity index (χ3n) is 5.20. The molecule has 14 heteroatoms. The number of nitrogens with zero attached hydrogens (tertiary/aromatic N) is 2. The van der Waals surface area contributed by atoms with E-state index in [1.165, 1.54) is 23.0 Å². The minimum absolute atomic E-state index is 0.0916. The van der Waals surface area contributed by atoms with Gasteiger partial charge >= 0.3 is 5.97 Å². The third kappa shape index (κ3) is 4.91. The molecule has 0 saturated carbocycles. The summed E-state index contributed by atoms with van der Waals surface area (Å²) in [5, 5.41) is 43.5. The SMILES string of the molecule is Nc1ccc(S(=O)(=O)Nc2ccnn2-c2ccccc2)c(O[C@@H]2O[C@H](C(=O)O)[C@@H](O)[C@H](O)[C@H]2O)c1. The third-order valence-corrected chi connectivity index (χ3v) is 6.59. The zero-order valence-corrected chi connectivity index (χ0v) is 18.7. The van der Waals surface area contributed by atoms with Crippen molar-refractivity contribution in [3.63, 3.8) is 0 Å². The van der Waals surface area contributed by atoms with Crippen LogP contribution in [0.4, 0.5) is 11.5 Å². The van der Waals surface area contributed by atoms with Gasteiger partial charge in [-0.05, 0) is 24.3 Å². The van der Waals surface area contributed by atoms with Gasteiger partial charge in [0.25, 0.3) is 10.0 Å². The average molecular weight is 506 g/mol. The number of ether oxygens (including phenoxy) is 2. The first-order valence-electron chi connectivity index (χ1n) is 10.2. The molecule has 186 valence electrons. The maximum absolute atomic E-state index is 13.3. The number of carboxylic acids is 1. The number of carbonyl (C=O) groups is 1. The van der Waals surface area contributed by atoms with Crippen molar-refractivity contribution in [2.24, 2.45) is 0 Å². The summed E-state index contributed by atoms with van der Waals surface area (Å²) in [6, 6.07) is 13.8. The summed E-state index contributed by atoms with van der Waals surface area (Å²) in [6.45, 7) is 0. The topological polar surface area (TPSA) is 206 Å². The normalized spacial score (nSPS) is 24.6. The fourth-order valence-corrected chi connectivity index (χ4v) is 4.62. The molecule has 0 spiro atoms. The Hall–Kier alpha value is -3.69. The largest absolute Gasteiger partial charge is 0.479 e. The second kappa shape index (κ2) is 9.52. The molecular formula is C21H22N4O9S. The van der Waals surface area contributed by atoms with E-state index in [2.05, 4.69) is 9.82 Å². The number of aliphatic hydroxyl groups excluding tert-OH is 3. The van der Waals surface area contributed by atoms with Gasteiger partial charge in [0, 0.05) is 17.8 Å². The van der Waals surface area contributed by atoms with Gasteiger partial charge in [0.2, 0.25) is 6.29 Å². The van der Waals surface area contributed by atoms with Crippen molar-refractivity contribution in [1.29, 1.82) is 0 Å². The van der Waals surface area contributed by atoms with Gasteiger partial charge < -0.3 is 35.6 Å². The lowest BCUT2D eigenvalue weighted by Crippen LogP contribution is -2.61. The molecule has 4 rings (SSSR count). The van der Waals surface area contributed by atoms with Gasteiger partial charge in [-0.1, -0.05) is 18.2 Å². The Morgan fingerprint density at radius 1 is 1.06 bits per heavy atom. The first kappa shape index (κ1) is 24.4. The number of carboxylic acid groups (broad SMARTS) is 1. The molecule has 0 unspecified atom stereocenters. The lowest BCUT2D eigenvalue weighted by molar-refractivity contribution is -0.271. The monoisotopic (exact) mass is 506 g/mol. The van der Waals surface area contributed by atoms with Crippen LogP contribution in [0.3, 0.4) is 0 Å². The highest BCUT2D eigenvalue weighted by atomic mass is 32.2. The van der Waals surface area contributed by atoms with Crippen LogP contribution in [0, 0.1) is 0 Å². The number of aliphatic hydroxyl groups is 3. The van der Waals surface area contributed by atoms with Gasteiger partial charge in [0.1, 0.15) is 34.8 Å². The molecule has 7 N–H and O–H groups in total. The second-order valence-electron chi connectivity index (χ2n) is 7.63. The van der Waals surface area contributed by atoms with Crippen LogP contribution >= 0.6 is 0 Å². The summed E-state index contributed by atoms with van der Waals surface area (Å²) < 4.78 is 40.8. The lowest BCUT2D eigenvalue weighted by Gasteiger charge is -2.38. The van der Waals surface area contributed by atoms with Gasteiger partial charge in [-0.3, -0.25) is 4.72 Å². The number of nitrogen functional groups attached to an aromatic ring is 1. The molecule has 0 aliphatic carbocycles. The van der Waals surface area contributed by atoms with Crippen LogP contribution in [0.25, 0.3) is 5.69 Å². The fourth-order valence-electron chi connectivity index (χ4n) is 3.46. The molecule has 1 aromatic heterocycles. The summed E-state index contributed by atoms with van der Waals surface area (Å²) in [6.07, 6.45) is -8.14. The molecule has 0 amide bonds. The van der Waals surface area contributed by atoms with Crippen molar-refractivity contribution in [1.82, 2.24) is 9.78 Å². The molecule has 13 nitrogen and oxygen atoms in total. The molecule has 2 heterocycles. The standard InChI is InChI=1S/C21H22N4O9S/c22-11-6-7-14(13(10-11)33-21-18(28)16(26)17(27)19(34-21)20(29)30)35(31,32)24-15-8-9-23-25(15)12-4-2-1-3-5-12/h1-10,16-19,21,24,26-28H,22H2,(H,29,30)/t16-,17-,18+,19-,21+/m0/s1. The van der Waals surface area contributed by atoms with Crippen LogP contribution in [0.2, 0.25) is 0 Å². The number of aromatic nitrogens is 2. The van der Waals surface area contributed by atoms with Crippen LogP contribution in [0.15, 0.2) is 65.7 Å². The van der Waals surface area contributed by atoms with Gasteiger partial charge in [-0.25, -0.2) is 17.9 Å². The smallest absolute Gasteiger partial charge is 0.335 e. The van der Waals surface area contributed by atoms with Crippen molar-refractivity contribution in [3.8, 4) is 11.4 Å². The average Bonchev–Trinajstić information content (AvgIpc) is 3.27. The van der Waals surface area contributed by atoms with Crippen molar-refractivity contribution in [3.05, 3.63) is 60.8 Å². The number of hydrogen-bond donors (Lipinski definition) is 6. The first-order valence-corrected chi connectivity index (χ1v) is 11.7. The lowest BCUT2D eigenvalue weighted by atomic mass is 9.99. The number of hydrogen-bond acceptors (Lipinski definition) is 10. The maximum atomic E-state index is 13.3. The molecule has 3 aromatic rings. The van der Waals surface area contributed by atoms with Gasteiger partial charge in [0.05, 0.1) is 11.9 Å². The number of para-hydroxylation sites is 1. The zero-order valence-electron chi connectivity index (χ0n) is 17.9. The van der Waals surface area contributed by atoms with Crippen LogP contribution in [-0.2, 0) is 19.6 Å². The van der Waals surface area contributed by atoms with E-state index >= 15 is 0 Å². The number of benzene rings is 2. The molecule has 1 saturated heterocycles. The van der Waals surface area contributed by atoms with E-state index in [1.807, 2.05) is 0 Å². The molecule has 2 aromatic carbocycles. The molecular weight excluding hydrogens is 484 g/mol. The Kier molecular flexibility index (Phi) is 6.64. The molecule has 35 heavy (non-hydrogen) atoms. The van der Waals surface area contributed by atoms with E-state index in [4.69, 9.17) is 15.2 Å². The Labute approximate surface area is 199 Å². The number of nitrogens with two attached hydrogens (primary N) is 1. The summed E-state index contributed by atoms with van der Waals surface area (Å²) >= 11 is 0. The maximum Gasteiger partial charge on any atom is 0.335 e. The Morgan fingerprint density at radius 3 is 2.46 bits per heavy atom. The highest BCUT2D eigenvalue weighted by molar-refractivity contribution is 7.92. The summed E-state index contributed by atoms with van der Waals surface area (Å²) in [5.74, 6) is -1.90. The molecule has 0 radical (unpaired) electrons. The second-order valence-corrected chi connectivity index (χ2v) is 9.28. The van der Waals surface area contributed by atoms with E-state index in [0.717, 1.165) is 12.1 Å². The highest BCUT2D eigenvalue weighted by Crippen LogP contribution is 2.32. The number of aliphatic carboxylic acids is 1. The minimum atomic E-state index is -4.34. The van der Waals surface area contributed by atoms with E-state index < -0.39 is 51.6 Å². The van der Waals surface area contributed by atoms with Crippen molar-refractivity contribution >= 4 is 27.5 Å². The minimum Gasteiger partial charge on any atom is -0.479 e. The Bertz CT molecular complexity index is 1320. The first-order chi connectivity index (χ1) is 16.6. The van der Waals surface area contributed by atoms with Gasteiger partial charge in [-0.15, -0.1) is 0 Å². The van der Waals surface area contributed by atoms with Crippen LogP contribution in [0.1, 0.15) is 0 Å². The van der Waals surface area contributed by atoms with E-state index in [0.29, 0.717) is 5.69 Å². The summed E-state index contributed by atoms with van der Waals surface area (Å²) in [5.41, 5.74) is 6.46.